The normalized spacial score (nSPS) is 13.0. The van der Waals surface area contributed by atoms with Gasteiger partial charge in [-0.2, -0.15) is 0 Å². The molecule has 4 heteroatoms. The third-order valence-electron chi connectivity index (χ3n) is 3.94. The largest absolute Gasteiger partial charge is 0.389 e. The zero-order valence-corrected chi connectivity index (χ0v) is 13.0. The predicted octanol–water partition coefficient (Wildman–Crippen LogP) is 3.51. The monoisotopic (exact) mass is 297 g/mol. The van der Waals surface area contributed by atoms with E-state index in [0.717, 1.165) is 42.8 Å². The fraction of sp³-hybridized carbons (Fsp3) is 0.294. The second kappa shape index (κ2) is 5.82. The Morgan fingerprint density at radius 3 is 2.71 bits per heavy atom. The van der Waals surface area contributed by atoms with E-state index in [0.29, 0.717) is 4.99 Å². The van der Waals surface area contributed by atoms with Crippen molar-refractivity contribution in [2.45, 2.75) is 32.6 Å². The lowest BCUT2D eigenvalue weighted by atomic mass is 10.1. The van der Waals surface area contributed by atoms with Gasteiger partial charge in [0.05, 0.1) is 5.56 Å². The number of thiocarbonyl (C=S) groups is 1. The number of hydrogen-bond donors (Lipinski definition) is 2. The highest BCUT2D eigenvalue weighted by Crippen LogP contribution is 2.27. The van der Waals surface area contributed by atoms with Gasteiger partial charge in [-0.3, -0.25) is 0 Å². The van der Waals surface area contributed by atoms with Crippen LogP contribution in [-0.2, 0) is 19.3 Å². The molecule has 2 aromatic rings. The number of hydrogen-bond acceptors (Lipinski definition) is 3. The molecule has 1 aromatic heterocycles. The van der Waals surface area contributed by atoms with E-state index in [1.165, 1.54) is 16.8 Å². The summed E-state index contributed by atoms with van der Waals surface area (Å²) in [5, 5.41) is 3.36. The van der Waals surface area contributed by atoms with E-state index in [2.05, 4.69) is 42.6 Å². The number of nitrogens with two attached hydrogens (primary N) is 1. The maximum absolute atomic E-state index is 5.86. The van der Waals surface area contributed by atoms with Crippen molar-refractivity contribution in [3.8, 4) is 0 Å². The second-order valence-electron chi connectivity index (χ2n) is 5.38. The summed E-state index contributed by atoms with van der Waals surface area (Å²) in [4.78, 5) is 5.13. The molecule has 21 heavy (non-hydrogen) atoms. The molecule has 0 bridgehead atoms. The van der Waals surface area contributed by atoms with Crippen molar-refractivity contribution in [3.63, 3.8) is 0 Å². The van der Waals surface area contributed by atoms with Gasteiger partial charge in [0.15, 0.2) is 0 Å². The molecular weight excluding hydrogens is 278 g/mol. The molecule has 1 aromatic carbocycles. The molecule has 3 nitrogen and oxygen atoms in total. The summed E-state index contributed by atoms with van der Waals surface area (Å²) in [5.41, 5.74) is 11.5. The van der Waals surface area contributed by atoms with Gasteiger partial charge < -0.3 is 11.1 Å². The number of nitrogens with zero attached hydrogens (tertiary/aromatic N) is 1. The summed E-state index contributed by atoms with van der Waals surface area (Å²) in [5.74, 6) is 0.771. The third-order valence-corrected chi connectivity index (χ3v) is 4.16. The maximum Gasteiger partial charge on any atom is 0.140 e. The Labute approximate surface area is 130 Å². The molecule has 0 amide bonds. The highest BCUT2D eigenvalue weighted by molar-refractivity contribution is 7.80. The molecule has 0 saturated carbocycles. The van der Waals surface area contributed by atoms with E-state index >= 15 is 0 Å². The molecule has 0 aliphatic heterocycles. The fourth-order valence-electron chi connectivity index (χ4n) is 2.72. The van der Waals surface area contributed by atoms with Crippen molar-refractivity contribution >= 4 is 28.7 Å². The molecule has 0 fully saturated rings. The first kappa shape index (κ1) is 14.0. The van der Waals surface area contributed by atoms with Crippen molar-refractivity contribution in [2.24, 2.45) is 5.73 Å². The number of rotatable bonds is 4. The van der Waals surface area contributed by atoms with Gasteiger partial charge in [-0.1, -0.05) is 31.3 Å². The van der Waals surface area contributed by atoms with Crippen LogP contribution in [0, 0.1) is 0 Å². The molecule has 1 aliphatic carbocycles. The van der Waals surface area contributed by atoms with Crippen LogP contribution in [0.2, 0.25) is 0 Å². The number of benzene rings is 1. The van der Waals surface area contributed by atoms with Gasteiger partial charge in [0.1, 0.15) is 10.8 Å². The minimum Gasteiger partial charge on any atom is -0.389 e. The molecule has 0 unspecified atom stereocenters. The van der Waals surface area contributed by atoms with Crippen LogP contribution in [0.1, 0.15) is 35.7 Å². The number of nitrogens with one attached hydrogen (secondary N) is 1. The highest BCUT2D eigenvalue weighted by Gasteiger charge is 2.17. The Balaban J connectivity index is 1.94. The quantitative estimate of drug-likeness (QED) is 0.848. The number of anilines is 2. The molecule has 3 N–H and O–H groups in total. The lowest BCUT2D eigenvalue weighted by Gasteiger charge is -2.13. The molecule has 1 aliphatic rings. The molecule has 0 saturated heterocycles. The summed E-state index contributed by atoms with van der Waals surface area (Å²) in [6, 6.07) is 10.5. The van der Waals surface area contributed by atoms with Crippen molar-refractivity contribution in [1.29, 1.82) is 0 Å². The van der Waals surface area contributed by atoms with Gasteiger partial charge in [-0.15, -0.1) is 0 Å². The number of aryl methyl sites for hydroxylation is 3. The summed E-state index contributed by atoms with van der Waals surface area (Å²) < 4.78 is 0. The minimum atomic E-state index is 0.393. The van der Waals surface area contributed by atoms with Crippen molar-refractivity contribution in [2.75, 3.05) is 5.32 Å². The Hall–Kier alpha value is -1.94. The zero-order valence-electron chi connectivity index (χ0n) is 12.1. The Morgan fingerprint density at radius 2 is 2.05 bits per heavy atom. The molecule has 0 spiro atoms. The van der Waals surface area contributed by atoms with Gasteiger partial charge in [0.25, 0.3) is 0 Å². The first-order valence-corrected chi connectivity index (χ1v) is 7.76. The van der Waals surface area contributed by atoms with Crippen LogP contribution in [0.5, 0.6) is 0 Å². The minimum absolute atomic E-state index is 0.393. The second-order valence-corrected chi connectivity index (χ2v) is 5.82. The average Bonchev–Trinajstić information content (AvgIpc) is 2.94. The van der Waals surface area contributed by atoms with E-state index in [-0.39, 0.29) is 0 Å². The van der Waals surface area contributed by atoms with Crippen LogP contribution in [0.15, 0.2) is 30.3 Å². The predicted molar refractivity (Wildman–Crippen MR) is 91.3 cm³/mol. The van der Waals surface area contributed by atoms with Crippen LogP contribution in [0.4, 0.5) is 11.5 Å². The van der Waals surface area contributed by atoms with Crippen LogP contribution in [0.25, 0.3) is 0 Å². The highest BCUT2D eigenvalue weighted by atomic mass is 32.1. The van der Waals surface area contributed by atoms with E-state index in [4.69, 9.17) is 22.9 Å². The number of pyridine rings is 1. The summed E-state index contributed by atoms with van der Waals surface area (Å²) >= 11 is 5.17. The lowest BCUT2D eigenvalue weighted by Crippen LogP contribution is -2.14. The summed E-state index contributed by atoms with van der Waals surface area (Å²) in [7, 11) is 0. The van der Waals surface area contributed by atoms with Gasteiger partial charge in [-0.05, 0) is 55.0 Å². The van der Waals surface area contributed by atoms with Crippen LogP contribution >= 0.6 is 12.2 Å². The average molecular weight is 297 g/mol. The molecule has 108 valence electrons. The molecular formula is C17H19N3S. The zero-order chi connectivity index (χ0) is 14.8. The smallest absolute Gasteiger partial charge is 0.140 e. The Kier molecular flexibility index (Phi) is 3.88. The van der Waals surface area contributed by atoms with Crippen LogP contribution in [0.3, 0.4) is 0 Å². The van der Waals surface area contributed by atoms with Crippen LogP contribution in [-0.4, -0.2) is 9.97 Å². The van der Waals surface area contributed by atoms with Crippen LogP contribution < -0.4 is 11.1 Å². The molecule has 3 rings (SSSR count). The topological polar surface area (TPSA) is 50.9 Å². The SMILES string of the molecule is CCc1ccc(Nc2nc3c(cc2C(N)=S)CCC3)cc1. The summed E-state index contributed by atoms with van der Waals surface area (Å²) in [6.07, 6.45) is 4.31. The van der Waals surface area contributed by atoms with Crippen molar-refractivity contribution in [3.05, 3.63) is 52.7 Å². The Bertz CT molecular complexity index is 677. The van der Waals surface area contributed by atoms with E-state index in [9.17, 15) is 0 Å². The standard InChI is InChI=1S/C17H19N3S/c1-2-11-6-8-13(9-7-11)19-17-14(16(18)21)10-12-4-3-5-15(12)20-17/h6-10H,2-5H2,1H3,(H2,18,21)(H,19,20). The molecule has 0 atom stereocenters. The maximum atomic E-state index is 5.86. The van der Waals surface area contributed by atoms with E-state index in [1.54, 1.807) is 0 Å². The molecule has 0 radical (unpaired) electrons. The lowest BCUT2D eigenvalue weighted by molar-refractivity contribution is 0.900. The van der Waals surface area contributed by atoms with Gasteiger partial charge in [0, 0.05) is 11.4 Å². The van der Waals surface area contributed by atoms with E-state index < -0.39 is 0 Å². The third kappa shape index (κ3) is 2.90. The summed E-state index contributed by atoms with van der Waals surface area (Å²) in [6.45, 7) is 2.15. The fourth-order valence-corrected chi connectivity index (χ4v) is 2.87. The van der Waals surface area contributed by atoms with Crippen molar-refractivity contribution < 1.29 is 0 Å². The molecule has 1 heterocycles. The van der Waals surface area contributed by atoms with Gasteiger partial charge >= 0.3 is 0 Å². The van der Waals surface area contributed by atoms with Gasteiger partial charge in [0.2, 0.25) is 0 Å². The van der Waals surface area contributed by atoms with Gasteiger partial charge in [-0.25, -0.2) is 4.98 Å². The number of fused-ring (bicyclic) bond motifs is 1. The Morgan fingerprint density at radius 1 is 1.29 bits per heavy atom. The number of aromatic nitrogens is 1. The van der Waals surface area contributed by atoms with E-state index in [1.807, 2.05) is 0 Å². The first-order valence-electron chi connectivity index (χ1n) is 7.36. The van der Waals surface area contributed by atoms with Crippen molar-refractivity contribution in [1.82, 2.24) is 4.98 Å². The first-order chi connectivity index (χ1) is 10.2.